The van der Waals surface area contributed by atoms with Crippen molar-refractivity contribution in [1.29, 1.82) is 0 Å². The summed E-state index contributed by atoms with van der Waals surface area (Å²) in [5.41, 5.74) is 4.75. The van der Waals surface area contributed by atoms with Crippen molar-refractivity contribution in [2.45, 2.75) is 104 Å². The molecule has 0 spiro atoms. The number of nitrogens with zero attached hydrogens (tertiary/aromatic N) is 1. The molecule has 3 nitrogen and oxygen atoms in total. The lowest BCUT2D eigenvalue weighted by molar-refractivity contribution is 0.0926. The van der Waals surface area contributed by atoms with Gasteiger partial charge in [0, 0.05) is 6.42 Å². The highest BCUT2D eigenvalue weighted by molar-refractivity contribution is 5.41. The number of aliphatic hydroxyl groups excluding tert-OH is 1. The Morgan fingerprint density at radius 2 is 2.03 bits per heavy atom. The molecule has 0 aromatic carbocycles. The van der Waals surface area contributed by atoms with E-state index in [4.69, 9.17) is 0 Å². The minimum absolute atomic E-state index is 0.387. The SMILES string of the molecule is C=C1CC(=C)[C@H](O)C/C1=C/C=C1\CCC[C@@]2(C)C1CCC2[C@H](C)CCCC(C)(C)N=O. The van der Waals surface area contributed by atoms with Crippen LogP contribution < -0.4 is 0 Å². The lowest BCUT2D eigenvalue weighted by Crippen LogP contribution is -2.36. The van der Waals surface area contributed by atoms with E-state index in [1.165, 1.54) is 44.1 Å². The fourth-order valence-electron chi connectivity index (χ4n) is 6.71. The smallest absolute Gasteiger partial charge is 0.0970 e. The predicted molar refractivity (Wildman–Crippen MR) is 131 cm³/mol. The Hall–Kier alpha value is -1.48. The Morgan fingerprint density at radius 3 is 2.74 bits per heavy atom. The lowest BCUT2D eigenvalue weighted by atomic mass is 9.60. The standard InChI is InChI=1S/C28H43NO2/c1-19(9-7-15-27(4,5)29-31)24-13-14-25-22(10-8-16-28(24,25)6)11-12-23-18-26(30)21(3)17-20(23)2/h11-12,19,24-26,30H,2-3,7-10,13-18H2,1,4-6H3/b22-11+,23-12-/t19-,24?,25?,26-,28-/m1/s1. The molecule has 3 rings (SSSR count). The molecule has 3 saturated carbocycles. The first-order valence-electron chi connectivity index (χ1n) is 12.4. The van der Waals surface area contributed by atoms with E-state index in [1.54, 1.807) is 5.57 Å². The van der Waals surface area contributed by atoms with Crippen LogP contribution in [0.5, 0.6) is 0 Å². The van der Waals surface area contributed by atoms with E-state index in [1.807, 2.05) is 13.8 Å². The summed E-state index contributed by atoms with van der Waals surface area (Å²) in [6.07, 6.45) is 15.1. The fraction of sp³-hybridized carbons (Fsp3) is 0.714. The number of rotatable bonds is 7. The topological polar surface area (TPSA) is 49.7 Å². The van der Waals surface area contributed by atoms with Crippen LogP contribution in [0.25, 0.3) is 0 Å². The summed E-state index contributed by atoms with van der Waals surface area (Å²) in [6.45, 7) is 17.0. The van der Waals surface area contributed by atoms with Crippen molar-refractivity contribution >= 4 is 0 Å². The number of allylic oxidation sites excluding steroid dienone is 4. The van der Waals surface area contributed by atoms with Crippen molar-refractivity contribution in [2.75, 3.05) is 0 Å². The van der Waals surface area contributed by atoms with Crippen LogP contribution in [0.2, 0.25) is 0 Å². The molecule has 0 aromatic heterocycles. The first-order chi connectivity index (χ1) is 14.6. The molecular weight excluding hydrogens is 382 g/mol. The molecule has 0 amide bonds. The maximum Gasteiger partial charge on any atom is 0.0970 e. The van der Waals surface area contributed by atoms with Gasteiger partial charge in [-0.3, -0.25) is 0 Å². The minimum atomic E-state index is -0.431. The van der Waals surface area contributed by atoms with Gasteiger partial charge in [0.15, 0.2) is 0 Å². The second kappa shape index (κ2) is 9.57. The summed E-state index contributed by atoms with van der Waals surface area (Å²) in [4.78, 5) is 11.0. The van der Waals surface area contributed by atoms with Gasteiger partial charge < -0.3 is 5.11 Å². The zero-order valence-corrected chi connectivity index (χ0v) is 20.3. The van der Waals surface area contributed by atoms with Gasteiger partial charge in [-0.05, 0) is 98.7 Å². The van der Waals surface area contributed by atoms with Crippen molar-refractivity contribution in [3.8, 4) is 0 Å². The van der Waals surface area contributed by atoms with E-state index in [0.29, 0.717) is 30.1 Å². The number of hydrogen-bond acceptors (Lipinski definition) is 3. The van der Waals surface area contributed by atoms with Gasteiger partial charge >= 0.3 is 0 Å². The molecule has 3 heteroatoms. The molecule has 2 unspecified atom stereocenters. The highest BCUT2D eigenvalue weighted by Crippen LogP contribution is 2.60. The number of fused-ring (bicyclic) bond motifs is 1. The molecule has 3 aliphatic rings. The van der Waals surface area contributed by atoms with E-state index in [-0.39, 0.29) is 0 Å². The molecule has 3 aliphatic carbocycles. The van der Waals surface area contributed by atoms with Gasteiger partial charge in [-0.25, -0.2) is 0 Å². The van der Waals surface area contributed by atoms with Gasteiger partial charge in [0.05, 0.1) is 11.6 Å². The van der Waals surface area contributed by atoms with Crippen LogP contribution in [0, 0.1) is 28.1 Å². The van der Waals surface area contributed by atoms with Crippen LogP contribution >= 0.6 is 0 Å². The molecule has 5 atom stereocenters. The van der Waals surface area contributed by atoms with Gasteiger partial charge in [-0.2, -0.15) is 4.91 Å². The molecule has 31 heavy (non-hydrogen) atoms. The maximum atomic E-state index is 11.0. The molecule has 0 radical (unpaired) electrons. The monoisotopic (exact) mass is 425 g/mol. The van der Waals surface area contributed by atoms with Crippen molar-refractivity contribution < 1.29 is 5.11 Å². The Bertz CT molecular complexity index is 774. The molecule has 172 valence electrons. The number of nitroso groups, excluding NO2 is 1. The van der Waals surface area contributed by atoms with E-state index in [2.05, 4.69) is 44.3 Å². The zero-order valence-electron chi connectivity index (χ0n) is 20.3. The third-order valence-corrected chi connectivity index (χ3v) is 8.70. The Labute approximate surface area is 189 Å². The molecule has 1 N–H and O–H groups in total. The molecular formula is C28H43NO2. The minimum Gasteiger partial charge on any atom is -0.388 e. The highest BCUT2D eigenvalue weighted by Gasteiger charge is 2.50. The summed E-state index contributed by atoms with van der Waals surface area (Å²) in [7, 11) is 0. The fourth-order valence-corrected chi connectivity index (χ4v) is 6.71. The first kappa shape index (κ1) is 24.2. The summed E-state index contributed by atoms with van der Waals surface area (Å²) < 4.78 is 0. The third kappa shape index (κ3) is 5.30. The van der Waals surface area contributed by atoms with E-state index >= 15 is 0 Å². The van der Waals surface area contributed by atoms with Crippen molar-refractivity contribution in [2.24, 2.45) is 28.3 Å². The molecule has 0 saturated heterocycles. The van der Waals surface area contributed by atoms with Crippen LogP contribution in [0.15, 0.2) is 52.8 Å². The van der Waals surface area contributed by atoms with Gasteiger partial charge in [-0.1, -0.05) is 62.7 Å². The van der Waals surface area contributed by atoms with Gasteiger partial charge in [0.2, 0.25) is 0 Å². The van der Waals surface area contributed by atoms with Gasteiger partial charge in [0.1, 0.15) is 0 Å². The van der Waals surface area contributed by atoms with Crippen LogP contribution in [-0.2, 0) is 0 Å². The summed E-state index contributed by atoms with van der Waals surface area (Å²) in [6, 6.07) is 0. The maximum absolute atomic E-state index is 11.0. The van der Waals surface area contributed by atoms with E-state index in [0.717, 1.165) is 29.9 Å². The van der Waals surface area contributed by atoms with Crippen molar-refractivity contribution in [3.05, 3.63) is 52.5 Å². The molecule has 0 heterocycles. The molecule has 3 fully saturated rings. The van der Waals surface area contributed by atoms with Gasteiger partial charge in [-0.15, -0.1) is 0 Å². The Balaban J connectivity index is 1.68. The lowest BCUT2D eigenvalue weighted by Gasteiger charge is -2.44. The van der Waals surface area contributed by atoms with E-state index in [9.17, 15) is 10.0 Å². The Morgan fingerprint density at radius 1 is 1.29 bits per heavy atom. The Kier molecular flexibility index (Phi) is 7.46. The van der Waals surface area contributed by atoms with Crippen molar-refractivity contribution in [3.63, 3.8) is 0 Å². The number of aliphatic hydroxyl groups is 1. The van der Waals surface area contributed by atoms with Crippen LogP contribution in [-0.4, -0.2) is 16.7 Å². The van der Waals surface area contributed by atoms with Crippen LogP contribution in [0.4, 0.5) is 0 Å². The third-order valence-electron chi connectivity index (χ3n) is 8.70. The number of hydrogen-bond donors (Lipinski definition) is 1. The second-order valence-electron chi connectivity index (χ2n) is 11.5. The normalized spacial score (nSPS) is 35.5. The summed E-state index contributed by atoms with van der Waals surface area (Å²) in [5.74, 6) is 2.13. The average molecular weight is 426 g/mol. The second-order valence-corrected chi connectivity index (χ2v) is 11.5. The van der Waals surface area contributed by atoms with Crippen molar-refractivity contribution in [1.82, 2.24) is 0 Å². The van der Waals surface area contributed by atoms with Crippen LogP contribution in [0.3, 0.4) is 0 Å². The quantitative estimate of drug-likeness (QED) is 0.336. The summed E-state index contributed by atoms with van der Waals surface area (Å²) in [5, 5.41) is 13.5. The molecule has 0 aliphatic heterocycles. The average Bonchev–Trinajstić information content (AvgIpc) is 3.07. The zero-order chi connectivity index (χ0) is 22.8. The highest BCUT2D eigenvalue weighted by atomic mass is 16.3. The summed E-state index contributed by atoms with van der Waals surface area (Å²) >= 11 is 0. The largest absolute Gasteiger partial charge is 0.388 e. The molecule has 0 bridgehead atoms. The molecule has 0 aromatic rings. The van der Waals surface area contributed by atoms with Gasteiger partial charge in [0.25, 0.3) is 0 Å². The van der Waals surface area contributed by atoms with E-state index < -0.39 is 11.6 Å². The van der Waals surface area contributed by atoms with Crippen LogP contribution in [0.1, 0.15) is 91.9 Å². The first-order valence-corrected chi connectivity index (χ1v) is 12.4. The predicted octanol–water partition coefficient (Wildman–Crippen LogP) is 7.67.